The molecule has 0 fully saturated rings. The van der Waals surface area contributed by atoms with Gasteiger partial charge in [-0.2, -0.15) is 22.0 Å². The lowest BCUT2D eigenvalue weighted by Crippen LogP contribution is -2.21. The summed E-state index contributed by atoms with van der Waals surface area (Å²) >= 11 is 0. The average Bonchev–Trinajstić information content (AvgIpc) is 2.73. The van der Waals surface area contributed by atoms with Crippen molar-refractivity contribution in [2.45, 2.75) is 38.5 Å². The Balaban J connectivity index is 1.59. The number of ether oxygens (including phenoxy) is 1. The number of hydrogen-bond acceptors (Lipinski definition) is 1. The highest BCUT2D eigenvalue weighted by molar-refractivity contribution is 5.31. The predicted molar refractivity (Wildman–Crippen MR) is 106 cm³/mol. The fourth-order valence-electron chi connectivity index (χ4n) is 3.01. The van der Waals surface area contributed by atoms with Crippen molar-refractivity contribution in [3.05, 3.63) is 101 Å². The van der Waals surface area contributed by atoms with Gasteiger partial charge in [0.1, 0.15) is 5.75 Å². The van der Waals surface area contributed by atoms with Crippen LogP contribution in [0.15, 0.2) is 72.8 Å². The lowest BCUT2D eigenvalue weighted by Gasteiger charge is -2.18. The van der Waals surface area contributed by atoms with E-state index in [0.717, 1.165) is 35.2 Å². The second kappa shape index (κ2) is 8.86. The van der Waals surface area contributed by atoms with Crippen LogP contribution in [-0.2, 0) is 31.5 Å². The molecule has 0 aromatic heterocycles. The molecule has 0 heterocycles. The molecular weight excluding hydrogens is 399 g/mol. The summed E-state index contributed by atoms with van der Waals surface area (Å²) in [7, 11) is 0. The van der Waals surface area contributed by atoms with Gasteiger partial charge in [-0.3, -0.25) is 0 Å². The van der Waals surface area contributed by atoms with Crippen molar-refractivity contribution >= 4 is 0 Å². The second-order valence-corrected chi connectivity index (χ2v) is 7.01. The van der Waals surface area contributed by atoms with Crippen LogP contribution < -0.4 is 4.74 Å². The Morgan fingerprint density at radius 2 is 1.03 bits per heavy atom. The summed E-state index contributed by atoms with van der Waals surface area (Å²) in [6, 6.07) is 17.3. The van der Waals surface area contributed by atoms with E-state index < -0.39 is 17.8 Å². The highest BCUT2D eigenvalue weighted by atomic mass is 19.4. The van der Waals surface area contributed by atoms with Crippen LogP contribution in [0.4, 0.5) is 22.0 Å². The molecule has 0 saturated heterocycles. The molecule has 3 rings (SSSR count). The van der Waals surface area contributed by atoms with Crippen molar-refractivity contribution in [2.75, 3.05) is 0 Å². The SMILES string of the molecule is CCc1ccc(C(F)(F)Oc2ccc(CCc3ccc(C(F)(F)F)cc3)cc2)cc1. The van der Waals surface area contributed by atoms with Gasteiger partial charge < -0.3 is 4.74 Å². The minimum absolute atomic E-state index is 0.0397. The smallest absolute Gasteiger partial charge is 0.426 e. The van der Waals surface area contributed by atoms with Gasteiger partial charge in [-0.25, -0.2) is 0 Å². The molecule has 6 heteroatoms. The van der Waals surface area contributed by atoms with E-state index in [1.54, 1.807) is 24.3 Å². The van der Waals surface area contributed by atoms with Gasteiger partial charge in [0, 0.05) is 0 Å². The van der Waals surface area contributed by atoms with Crippen molar-refractivity contribution in [1.82, 2.24) is 0 Å². The molecule has 0 unspecified atom stereocenters. The minimum atomic E-state index is -4.35. The van der Waals surface area contributed by atoms with Gasteiger partial charge in [-0.1, -0.05) is 43.3 Å². The molecular formula is C24H21F5O. The van der Waals surface area contributed by atoms with Crippen molar-refractivity contribution in [3.63, 3.8) is 0 Å². The van der Waals surface area contributed by atoms with Crippen molar-refractivity contribution < 1.29 is 26.7 Å². The lowest BCUT2D eigenvalue weighted by atomic mass is 10.0. The number of aryl methyl sites for hydroxylation is 3. The van der Waals surface area contributed by atoms with Crippen LogP contribution in [0.5, 0.6) is 5.75 Å². The maximum absolute atomic E-state index is 14.4. The van der Waals surface area contributed by atoms with Crippen molar-refractivity contribution in [3.8, 4) is 5.75 Å². The Bertz CT molecular complexity index is 943. The van der Waals surface area contributed by atoms with Crippen LogP contribution in [0.25, 0.3) is 0 Å². The summed E-state index contributed by atoms with van der Waals surface area (Å²) in [4.78, 5) is 0. The number of rotatable bonds is 7. The summed E-state index contributed by atoms with van der Waals surface area (Å²) in [5, 5.41) is 0. The average molecular weight is 420 g/mol. The zero-order chi connectivity index (χ0) is 21.8. The monoisotopic (exact) mass is 420 g/mol. The largest absolute Gasteiger partial charge is 0.429 e. The third kappa shape index (κ3) is 5.59. The summed E-state index contributed by atoms with van der Waals surface area (Å²) < 4.78 is 71.4. The molecule has 0 spiro atoms. The highest BCUT2D eigenvalue weighted by Gasteiger charge is 2.34. The van der Waals surface area contributed by atoms with E-state index in [4.69, 9.17) is 4.74 Å². The van der Waals surface area contributed by atoms with Gasteiger partial charge in [-0.15, -0.1) is 0 Å². The molecule has 0 aliphatic rings. The van der Waals surface area contributed by atoms with E-state index in [0.29, 0.717) is 12.8 Å². The summed E-state index contributed by atoms with van der Waals surface area (Å²) in [5.41, 5.74) is 1.71. The zero-order valence-electron chi connectivity index (χ0n) is 16.3. The molecule has 3 aromatic carbocycles. The summed E-state index contributed by atoms with van der Waals surface area (Å²) in [5.74, 6) is 0.0397. The number of benzene rings is 3. The molecule has 30 heavy (non-hydrogen) atoms. The van der Waals surface area contributed by atoms with Gasteiger partial charge in [0.2, 0.25) is 0 Å². The zero-order valence-corrected chi connectivity index (χ0v) is 16.3. The van der Waals surface area contributed by atoms with Gasteiger partial charge in [0.05, 0.1) is 11.1 Å². The molecule has 0 atom stereocenters. The van der Waals surface area contributed by atoms with Crippen molar-refractivity contribution in [2.24, 2.45) is 0 Å². The first-order valence-corrected chi connectivity index (χ1v) is 9.59. The summed E-state index contributed by atoms with van der Waals surface area (Å²) in [6.45, 7) is 1.95. The fraction of sp³-hybridized carbons (Fsp3) is 0.250. The van der Waals surface area contributed by atoms with Crippen LogP contribution in [0, 0.1) is 0 Å². The quantitative estimate of drug-likeness (QED) is 0.368. The topological polar surface area (TPSA) is 9.23 Å². The van der Waals surface area contributed by atoms with Crippen molar-refractivity contribution in [1.29, 1.82) is 0 Å². The Morgan fingerprint density at radius 3 is 1.50 bits per heavy atom. The molecule has 0 amide bonds. The van der Waals surface area contributed by atoms with E-state index in [-0.39, 0.29) is 11.3 Å². The molecule has 0 saturated carbocycles. The minimum Gasteiger partial charge on any atom is -0.429 e. The predicted octanol–water partition coefficient (Wildman–Crippen LogP) is 7.18. The van der Waals surface area contributed by atoms with Crippen LogP contribution in [-0.4, -0.2) is 0 Å². The molecule has 0 radical (unpaired) electrons. The highest BCUT2D eigenvalue weighted by Crippen LogP contribution is 2.32. The molecule has 0 N–H and O–H groups in total. The van der Waals surface area contributed by atoms with Crippen LogP contribution in [0.1, 0.15) is 34.7 Å². The van der Waals surface area contributed by atoms with E-state index in [2.05, 4.69) is 0 Å². The van der Waals surface area contributed by atoms with E-state index >= 15 is 0 Å². The van der Waals surface area contributed by atoms with Gasteiger partial charge in [0.25, 0.3) is 0 Å². The fourth-order valence-corrected chi connectivity index (χ4v) is 3.01. The van der Waals surface area contributed by atoms with E-state index in [1.165, 1.54) is 36.4 Å². The van der Waals surface area contributed by atoms with Crippen LogP contribution in [0.2, 0.25) is 0 Å². The standard InChI is InChI=1S/C24H21F5O/c1-2-17-5-13-21(14-6-17)24(28,29)30-22-15-9-19(10-16-22)4-3-18-7-11-20(12-8-18)23(25,26)27/h5-16H,2-4H2,1H3. The Kier molecular flexibility index (Phi) is 6.44. The second-order valence-electron chi connectivity index (χ2n) is 7.01. The molecule has 1 nitrogen and oxygen atoms in total. The van der Waals surface area contributed by atoms with E-state index in [9.17, 15) is 22.0 Å². The number of hydrogen-bond donors (Lipinski definition) is 0. The van der Waals surface area contributed by atoms with Gasteiger partial charge in [-0.05, 0) is 72.4 Å². The third-order valence-electron chi connectivity index (χ3n) is 4.85. The molecule has 158 valence electrons. The molecule has 0 aliphatic heterocycles. The first-order chi connectivity index (χ1) is 14.2. The normalized spacial score (nSPS) is 12.1. The Hall–Kier alpha value is -2.89. The Labute approximate surface area is 172 Å². The first-order valence-electron chi connectivity index (χ1n) is 9.59. The third-order valence-corrected chi connectivity index (χ3v) is 4.85. The van der Waals surface area contributed by atoms with Gasteiger partial charge >= 0.3 is 12.3 Å². The summed E-state index contributed by atoms with van der Waals surface area (Å²) in [6.07, 6.45) is -5.93. The molecule has 0 bridgehead atoms. The number of halogens is 5. The van der Waals surface area contributed by atoms with E-state index in [1.807, 2.05) is 6.92 Å². The number of alkyl halides is 5. The Morgan fingerprint density at radius 1 is 0.600 bits per heavy atom. The maximum atomic E-state index is 14.4. The van der Waals surface area contributed by atoms with Crippen LogP contribution >= 0.6 is 0 Å². The molecule has 0 aliphatic carbocycles. The molecule has 3 aromatic rings. The van der Waals surface area contributed by atoms with Crippen LogP contribution in [0.3, 0.4) is 0 Å². The lowest BCUT2D eigenvalue weighted by molar-refractivity contribution is -0.185. The maximum Gasteiger partial charge on any atom is 0.426 e. The van der Waals surface area contributed by atoms with Gasteiger partial charge in [0.15, 0.2) is 0 Å². The first kappa shape index (κ1) is 21.8.